The Kier molecular flexibility index (Phi) is 7.21. The molecule has 2 heterocycles. The van der Waals surface area contributed by atoms with E-state index in [0.29, 0.717) is 49.9 Å². The van der Waals surface area contributed by atoms with Crippen LogP contribution in [0.3, 0.4) is 0 Å². The van der Waals surface area contributed by atoms with Crippen LogP contribution < -0.4 is 10.1 Å². The molecule has 1 N–H and O–H groups in total. The van der Waals surface area contributed by atoms with Crippen molar-refractivity contribution in [2.75, 3.05) is 31.6 Å². The topological polar surface area (TPSA) is 84.9 Å². The third-order valence-corrected chi connectivity index (χ3v) is 7.65. The normalized spacial score (nSPS) is 14.8. The predicted molar refractivity (Wildman–Crippen MR) is 124 cm³/mol. The Bertz CT molecular complexity index is 1140. The summed E-state index contributed by atoms with van der Waals surface area (Å²) in [7, 11) is -3.71. The van der Waals surface area contributed by atoms with Gasteiger partial charge in [0.25, 0.3) is 0 Å². The number of amides is 1. The van der Waals surface area contributed by atoms with Gasteiger partial charge in [0.15, 0.2) is 5.75 Å². The molecule has 1 saturated heterocycles. The highest BCUT2D eigenvalue weighted by Gasteiger charge is 2.27. The summed E-state index contributed by atoms with van der Waals surface area (Å²) in [5.74, 6) is 0.751. The number of sulfonamides is 1. The summed E-state index contributed by atoms with van der Waals surface area (Å²) in [4.78, 5) is 12.7. The molecular formula is C23H24N2O5S2. The molecule has 0 aliphatic carbocycles. The van der Waals surface area contributed by atoms with Gasteiger partial charge in [-0.3, -0.25) is 4.79 Å². The van der Waals surface area contributed by atoms with Crippen LogP contribution in [-0.2, 0) is 26.0 Å². The number of nitrogens with zero attached hydrogens (tertiary/aromatic N) is 1. The molecule has 9 heteroatoms. The van der Waals surface area contributed by atoms with Gasteiger partial charge in [0, 0.05) is 19.5 Å². The molecule has 0 radical (unpaired) electrons. The number of carbonyl (C=O) groups excluding carboxylic acids is 1. The summed E-state index contributed by atoms with van der Waals surface area (Å²) in [5.41, 5.74) is 1.41. The molecule has 1 aliphatic heterocycles. The lowest BCUT2D eigenvalue weighted by Crippen LogP contribution is -2.40. The van der Waals surface area contributed by atoms with Gasteiger partial charge >= 0.3 is 0 Å². The molecule has 4 rings (SSSR count). The lowest BCUT2D eigenvalue weighted by Gasteiger charge is -2.26. The maximum Gasteiger partial charge on any atom is 0.243 e. The van der Waals surface area contributed by atoms with Gasteiger partial charge in [0.05, 0.1) is 23.8 Å². The van der Waals surface area contributed by atoms with Gasteiger partial charge in [-0.15, -0.1) is 0 Å². The van der Waals surface area contributed by atoms with E-state index in [0.717, 1.165) is 5.56 Å². The van der Waals surface area contributed by atoms with Crippen LogP contribution in [0.5, 0.6) is 11.5 Å². The van der Waals surface area contributed by atoms with Crippen molar-refractivity contribution in [1.82, 2.24) is 4.31 Å². The van der Waals surface area contributed by atoms with E-state index in [-0.39, 0.29) is 17.2 Å². The number of hydrogen-bond donors (Lipinski definition) is 1. The Balaban J connectivity index is 1.58. The zero-order chi connectivity index (χ0) is 22.4. The lowest BCUT2D eigenvalue weighted by atomic mass is 10.2. The summed E-state index contributed by atoms with van der Waals surface area (Å²) in [6.07, 6.45) is 0.887. The number of carbonyl (C=O) groups is 1. The zero-order valence-corrected chi connectivity index (χ0v) is 19.0. The molecule has 7 nitrogen and oxygen atoms in total. The fourth-order valence-corrected chi connectivity index (χ4v) is 5.45. The van der Waals surface area contributed by atoms with Gasteiger partial charge in [0.2, 0.25) is 15.9 Å². The van der Waals surface area contributed by atoms with E-state index in [2.05, 4.69) is 5.32 Å². The van der Waals surface area contributed by atoms with Gasteiger partial charge in [-0.25, -0.2) is 8.42 Å². The zero-order valence-electron chi connectivity index (χ0n) is 17.4. The van der Waals surface area contributed by atoms with Crippen molar-refractivity contribution in [2.45, 2.75) is 17.7 Å². The second-order valence-corrected chi connectivity index (χ2v) is 9.99. The molecule has 1 aromatic heterocycles. The molecule has 32 heavy (non-hydrogen) atoms. The number of ether oxygens (including phenoxy) is 2. The second-order valence-electron chi connectivity index (χ2n) is 7.27. The Morgan fingerprint density at radius 1 is 1.09 bits per heavy atom. The number of anilines is 1. The number of para-hydroxylation sites is 1. The van der Waals surface area contributed by atoms with Gasteiger partial charge in [-0.05, 0) is 59.1 Å². The Hall–Kier alpha value is -2.72. The van der Waals surface area contributed by atoms with Crippen LogP contribution in [0.25, 0.3) is 0 Å². The number of benzene rings is 2. The first-order valence-corrected chi connectivity index (χ1v) is 12.7. The van der Waals surface area contributed by atoms with Crippen LogP contribution in [0.15, 0.2) is 70.3 Å². The molecular weight excluding hydrogens is 448 g/mol. The maximum atomic E-state index is 13.1. The van der Waals surface area contributed by atoms with Crippen molar-refractivity contribution in [3.05, 3.63) is 70.9 Å². The van der Waals surface area contributed by atoms with Gasteiger partial charge < -0.3 is 14.8 Å². The first-order chi connectivity index (χ1) is 15.5. The van der Waals surface area contributed by atoms with E-state index in [9.17, 15) is 13.2 Å². The van der Waals surface area contributed by atoms with Crippen LogP contribution in [0, 0.1) is 0 Å². The maximum absolute atomic E-state index is 13.1. The minimum absolute atomic E-state index is 0.105. The Labute approximate surface area is 191 Å². The van der Waals surface area contributed by atoms with Crippen molar-refractivity contribution in [3.8, 4) is 11.5 Å². The lowest BCUT2D eigenvalue weighted by molar-refractivity contribution is -0.116. The molecule has 2 aromatic carbocycles. The molecule has 0 bridgehead atoms. The van der Waals surface area contributed by atoms with E-state index in [1.165, 1.54) is 16.4 Å². The molecule has 0 spiro atoms. The van der Waals surface area contributed by atoms with E-state index < -0.39 is 10.0 Å². The van der Waals surface area contributed by atoms with E-state index in [4.69, 9.17) is 9.47 Å². The van der Waals surface area contributed by atoms with Crippen molar-refractivity contribution in [2.24, 2.45) is 0 Å². The SMILES string of the molecule is O=C(CCc1ccsc1)Nc1cc(S(=O)(=O)N2CCOCC2)ccc1Oc1ccccc1. The van der Waals surface area contributed by atoms with E-state index in [1.807, 2.05) is 35.0 Å². The van der Waals surface area contributed by atoms with Crippen LogP contribution in [-0.4, -0.2) is 44.9 Å². The fourth-order valence-electron chi connectivity index (χ4n) is 3.31. The second kappa shape index (κ2) is 10.3. The van der Waals surface area contributed by atoms with Crippen LogP contribution >= 0.6 is 11.3 Å². The molecule has 3 aromatic rings. The summed E-state index contributed by atoms with van der Waals surface area (Å²) >= 11 is 1.59. The number of thiophene rings is 1. The van der Waals surface area contributed by atoms with Crippen molar-refractivity contribution < 1.29 is 22.7 Å². The standard InChI is InChI=1S/C23H24N2O5S2/c26-23(9-6-18-10-15-31-17-18)24-21-16-20(32(27,28)25-11-13-29-14-12-25)7-8-22(21)30-19-4-2-1-3-5-19/h1-5,7-8,10,15-17H,6,9,11-14H2,(H,24,26). The van der Waals surface area contributed by atoms with Crippen molar-refractivity contribution in [1.29, 1.82) is 0 Å². The quantitative estimate of drug-likeness (QED) is 0.533. The fraction of sp³-hybridized carbons (Fsp3) is 0.261. The average Bonchev–Trinajstić information content (AvgIpc) is 3.34. The molecule has 0 unspecified atom stereocenters. The summed E-state index contributed by atoms with van der Waals surface area (Å²) in [6.45, 7) is 1.32. The van der Waals surface area contributed by atoms with E-state index in [1.54, 1.807) is 29.5 Å². The molecule has 168 valence electrons. The van der Waals surface area contributed by atoms with Crippen molar-refractivity contribution >= 4 is 33.0 Å². The summed E-state index contributed by atoms with van der Waals surface area (Å²) < 4.78 is 38.8. The highest BCUT2D eigenvalue weighted by Crippen LogP contribution is 2.33. The number of aryl methyl sites for hydroxylation is 1. The average molecular weight is 473 g/mol. The van der Waals surface area contributed by atoms with E-state index >= 15 is 0 Å². The molecule has 1 amide bonds. The predicted octanol–water partition coefficient (Wildman–Crippen LogP) is 4.13. The van der Waals surface area contributed by atoms with Gasteiger partial charge in [-0.1, -0.05) is 18.2 Å². The molecule has 1 fully saturated rings. The molecule has 0 saturated carbocycles. The third kappa shape index (κ3) is 5.55. The number of hydrogen-bond acceptors (Lipinski definition) is 6. The Morgan fingerprint density at radius 3 is 2.59 bits per heavy atom. The highest BCUT2D eigenvalue weighted by atomic mass is 32.2. The molecule has 1 aliphatic rings. The van der Waals surface area contributed by atoms with Crippen molar-refractivity contribution in [3.63, 3.8) is 0 Å². The first-order valence-electron chi connectivity index (χ1n) is 10.3. The largest absolute Gasteiger partial charge is 0.455 e. The smallest absolute Gasteiger partial charge is 0.243 e. The van der Waals surface area contributed by atoms with Crippen LogP contribution in [0.1, 0.15) is 12.0 Å². The van der Waals surface area contributed by atoms with Crippen LogP contribution in [0.2, 0.25) is 0 Å². The number of morpholine rings is 1. The summed E-state index contributed by atoms with van der Waals surface area (Å²) in [5, 5.41) is 6.82. The van der Waals surface area contributed by atoms with Gasteiger partial charge in [-0.2, -0.15) is 15.6 Å². The highest BCUT2D eigenvalue weighted by molar-refractivity contribution is 7.89. The molecule has 0 atom stereocenters. The first kappa shape index (κ1) is 22.5. The van der Waals surface area contributed by atoms with Crippen LogP contribution in [0.4, 0.5) is 5.69 Å². The third-order valence-electron chi connectivity index (χ3n) is 5.02. The summed E-state index contributed by atoms with van der Waals surface area (Å²) in [6, 6.07) is 15.7. The Morgan fingerprint density at radius 2 is 1.88 bits per heavy atom. The minimum atomic E-state index is -3.71. The monoisotopic (exact) mass is 472 g/mol. The van der Waals surface area contributed by atoms with Gasteiger partial charge in [0.1, 0.15) is 5.75 Å². The number of rotatable bonds is 8. The number of nitrogens with one attached hydrogen (secondary N) is 1. The minimum Gasteiger partial charge on any atom is -0.455 e.